The number of amides is 1. The second-order valence-electron chi connectivity index (χ2n) is 6.28. The van der Waals surface area contributed by atoms with Crippen LogP contribution in [0.2, 0.25) is 0 Å². The minimum atomic E-state index is -0.974. The minimum absolute atomic E-state index is 0.00230. The topological polar surface area (TPSA) is 75.4 Å². The lowest BCUT2D eigenvalue weighted by atomic mass is 10.0. The fraction of sp³-hybridized carbons (Fsp3) is 0.389. The number of aryl methyl sites for hydroxylation is 2. The Morgan fingerprint density at radius 2 is 2.00 bits per heavy atom. The van der Waals surface area contributed by atoms with Gasteiger partial charge in [0.05, 0.1) is 5.69 Å². The first-order chi connectivity index (χ1) is 11.5. The summed E-state index contributed by atoms with van der Waals surface area (Å²) in [7, 11) is 1.71. The van der Waals surface area contributed by atoms with Crippen LogP contribution in [0.5, 0.6) is 0 Å². The molecule has 24 heavy (non-hydrogen) atoms. The Morgan fingerprint density at radius 1 is 1.33 bits per heavy atom. The highest BCUT2D eigenvalue weighted by Gasteiger charge is 2.41. The predicted molar refractivity (Wildman–Crippen MR) is 88.7 cm³/mol. The lowest BCUT2D eigenvalue weighted by Crippen LogP contribution is -2.48. The monoisotopic (exact) mass is 327 g/mol. The molecule has 1 heterocycles. The van der Waals surface area contributed by atoms with Crippen molar-refractivity contribution in [2.75, 3.05) is 0 Å². The number of rotatable bonds is 6. The van der Waals surface area contributed by atoms with Crippen molar-refractivity contribution in [3.63, 3.8) is 0 Å². The number of carboxylic acids is 1. The van der Waals surface area contributed by atoms with Crippen molar-refractivity contribution in [3.8, 4) is 0 Å². The quantitative estimate of drug-likeness (QED) is 0.881. The highest BCUT2D eigenvalue weighted by molar-refractivity contribution is 5.96. The molecular formula is C18H21N3O3. The number of nitrogens with zero attached hydrogens (tertiary/aromatic N) is 3. The number of hydrogen-bond acceptors (Lipinski definition) is 3. The zero-order valence-electron chi connectivity index (χ0n) is 13.8. The molecule has 1 fully saturated rings. The Labute approximate surface area is 140 Å². The standard InChI is InChI=1S/C18H21N3O3/c1-12-10-15(20(2)19-12)17(22)21(14-8-9-14)16(18(23)24)11-13-6-4-3-5-7-13/h3-7,10,14,16H,8-9,11H2,1-2H3,(H,23,24)/t16-/m0/s1. The van der Waals surface area contributed by atoms with Gasteiger partial charge in [0.15, 0.2) is 0 Å². The number of hydrogen-bond donors (Lipinski definition) is 1. The molecule has 0 saturated heterocycles. The van der Waals surface area contributed by atoms with E-state index in [0.717, 1.165) is 24.1 Å². The van der Waals surface area contributed by atoms with Gasteiger partial charge in [0.1, 0.15) is 11.7 Å². The molecule has 1 N–H and O–H groups in total. The first-order valence-electron chi connectivity index (χ1n) is 8.07. The fourth-order valence-corrected chi connectivity index (χ4v) is 3.00. The largest absolute Gasteiger partial charge is 0.480 e. The van der Waals surface area contributed by atoms with E-state index in [0.29, 0.717) is 12.1 Å². The third-order valence-corrected chi connectivity index (χ3v) is 4.29. The van der Waals surface area contributed by atoms with Crippen LogP contribution in [-0.4, -0.2) is 43.7 Å². The third-order valence-electron chi connectivity index (χ3n) is 4.29. The molecule has 1 aromatic heterocycles. The Bertz CT molecular complexity index is 750. The van der Waals surface area contributed by atoms with E-state index >= 15 is 0 Å². The molecule has 6 nitrogen and oxygen atoms in total. The van der Waals surface area contributed by atoms with Crippen molar-refractivity contribution in [2.45, 2.75) is 38.3 Å². The molecule has 1 aliphatic rings. The summed E-state index contributed by atoms with van der Waals surface area (Å²) in [5.74, 6) is -1.23. The van der Waals surface area contributed by atoms with E-state index in [1.807, 2.05) is 37.3 Å². The number of carbonyl (C=O) groups is 2. The maximum absolute atomic E-state index is 13.0. The van der Waals surface area contributed by atoms with Gasteiger partial charge in [-0.25, -0.2) is 4.79 Å². The van der Waals surface area contributed by atoms with E-state index in [2.05, 4.69) is 5.10 Å². The number of carboxylic acid groups (broad SMARTS) is 1. The third kappa shape index (κ3) is 3.32. The zero-order chi connectivity index (χ0) is 17.3. The van der Waals surface area contributed by atoms with Crippen LogP contribution in [0.4, 0.5) is 0 Å². The Balaban J connectivity index is 1.91. The molecule has 0 aliphatic heterocycles. The van der Waals surface area contributed by atoms with Crippen molar-refractivity contribution in [1.29, 1.82) is 0 Å². The molecule has 0 bridgehead atoms. The summed E-state index contributed by atoms with van der Waals surface area (Å²) in [6.07, 6.45) is 2.00. The number of carbonyl (C=O) groups excluding carboxylic acids is 1. The molecule has 1 aliphatic carbocycles. The molecule has 0 spiro atoms. The van der Waals surface area contributed by atoms with Gasteiger partial charge >= 0.3 is 5.97 Å². The molecular weight excluding hydrogens is 306 g/mol. The predicted octanol–water partition coefficient (Wildman–Crippen LogP) is 2.03. The Morgan fingerprint density at radius 3 is 2.50 bits per heavy atom. The van der Waals surface area contributed by atoms with Gasteiger partial charge in [-0.2, -0.15) is 5.10 Å². The average Bonchev–Trinajstić information content (AvgIpc) is 3.31. The summed E-state index contributed by atoms with van der Waals surface area (Å²) < 4.78 is 1.52. The van der Waals surface area contributed by atoms with Crippen LogP contribution in [0.3, 0.4) is 0 Å². The van der Waals surface area contributed by atoms with Gasteiger partial charge in [0.25, 0.3) is 5.91 Å². The summed E-state index contributed by atoms with van der Waals surface area (Å²) >= 11 is 0. The summed E-state index contributed by atoms with van der Waals surface area (Å²) in [6, 6.07) is 10.3. The molecule has 3 rings (SSSR count). The zero-order valence-corrected chi connectivity index (χ0v) is 13.8. The molecule has 126 valence electrons. The maximum atomic E-state index is 13.0. The summed E-state index contributed by atoms with van der Waals surface area (Å²) in [5, 5.41) is 13.9. The van der Waals surface area contributed by atoms with Crippen LogP contribution in [0, 0.1) is 6.92 Å². The highest BCUT2D eigenvalue weighted by atomic mass is 16.4. The van der Waals surface area contributed by atoms with E-state index in [1.165, 1.54) is 9.58 Å². The van der Waals surface area contributed by atoms with Crippen LogP contribution in [0.25, 0.3) is 0 Å². The normalized spacial score (nSPS) is 15.1. The Hall–Kier alpha value is -2.63. The van der Waals surface area contributed by atoms with Gasteiger partial charge in [-0.3, -0.25) is 9.48 Å². The van der Waals surface area contributed by atoms with E-state index in [4.69, 9.17) is 0 Å². The van der Waals surface area contributed by atoms with Gasteiger partial charge in [-0.1, -0.05) is 30.3 Å². The molecule has 1 amide bonds. The molecule has 1 atom stereocenters. The average molecular weight is 327 g/mol. The lowest BCUT2D eigenvalue weighted by molar-refractivity contribution is -0.142. The van der Waals surface area contributed by atoms with E-state index in [1.54, 1.807) is 13.1 Å². The van der Waals surface area contributed by atoms with E-state index < -0.39 is 12.0 Å². The van der Waals surface area contributed by atoms with Crippen LogP contribution in [-0.2, 0) is 18.3 Å². The van der Waals surface area contributed by atoms with Gasteiger partial charge < -0.3 is 10.0 Å². The molecule has 0 unspecified atom stereocenters. The fourth-order valence-electron chi connectivity index (χ4n) is 3.00. The molecule has 6 heteroatoms. The van der Waals surface area contributed by atoms with Crippen molar-refractivity contribution < 1.29 is 14.7 Å². The maximum Gasteiger partial charge on any atom is 0.326 e. The minimum Gasteiger partial charge on any atom is -0.480 e. The smallest absolute Gasteiger partial charge is 0.326 e. The van der Waals surface area contributed by atoms with Crippen LogP contribution >= 0.6 is 0 Å². The lowest BCUT2D eigenvalue weighted by Gasteiger charge is -2.29. The first kappa shape index (κ1) is 16.2. The van der Waals surface area contributed by atoms with E-state index in [-0.39, 0.29) is 11.9 Å². The van der Waals surface area contributed by atoms with Crippen molar-refractivity contribution in [3.05, 3.63) is 53.3 Å². The molecule has 1 aromatic carbocycles. The van der Waals surface area contributed by atoms with Gasteiger partial charge in [0, 0.05) is 19.5 Å². The van der Waals surface area contributed by atoms with Crippen LogP contribution in [0.15, 0.2) is 36.4 Å². The van der Waals surface area contributed by atoms with E-state index in [9.17, 15) is 14.7 Å². The summed E-state index contributed by atoms with van der Waals surface area (Å²) in [6.45, 7) is 1.82. The second-order valence-corrected chi connectivity index (χ2v) is 6.28. The van der Waals surface area contributed by atoms with Crippen molar-refractivity contribution in [2.24, 2.45) is 7.05 Å². The summed E-state index contributed by atoms with van der Waals surface area (Å²) in [5.41, 5.74) is 2.08. The van der Waals surface area contributed by atoms with Crippen molar-refractivity contribution >= 4 is 11.9 Å². The highest BCUT2D eigenvalue weighted by Crippen LogP contribution is 2.31. The molecule has 2 aromatic rings. The molecule has 1 saturated carbocycles. The van der Waals surface area contributed by atoms with Gasteiger partial charge in [-0.05, 0) is 31.4 Å². The van der Waals surface area contributed by atoms with Gasteiger partial charge in [-0.15, -0.1) is 0 Å². The van der Waals surface area contributed by atoms with Crippen LogP contribution in [0.1, 0.15) is 34.6 Å². The van der Waals surface area contributed by atoms with Gasteiger partial charge in [0.2, 0.25) is 0 Å². The number of benzene rings is 1. The second kappa shape index (κ2) is 6.47. The van der Waals surface area contributed by atoms with Crippen LogP contribution < -0.4 is 0 Å². The van der Waals surface area contributed by atoms with Crippen molar-refractivity contribution in [1.82, 2.24) is 14.7 Å². The first-order valence-corrected chi connectivity index (χ1v) is 8.07. The Kier molecular flexibility index (Phi) is 4.38. The summed E-state index contributed by atoms with van der Waals surface area (Å²) in [4.78, 5) is 26.4. The molecule has 0 radical (unpaired) electrons. The number of aromatic nitrogens is 2. The number of aliphatic carboxylic acids is 1. The SMILES string of the molecule is Cc1cc(C(=O)N(C2CC2)[C@@H](Cc2ccccc2)C(=O)O)n(C)n1.